The molecule has 0 heterocycles. The van der Waals surface area contributed by atoms with E-state index in [4.69, 9.17) is 5.73 Å². The Morgan fingerprint density at radius 2 is 2.31 bits per heavy atom. The van der Waals surface area contributed by atoms with Crippen molar-refractivity contribution in [2.75, 3.05) is 6.61 Å². The molecule has 0 bridgehead atoms. The Hall–Kier alpha value is -1.86. The highest BCUT2D eigenvalue weighted by molar-refractivity contribution is 5.89. The van der Waals surface area contributed by atoms with Gasteiger partial charge in [-0.2, -0.15) is 0 Å². The minimum atomic E-state index is -0.602. The first kappa shape index (κ1) is 12.2. The lowest BCUT2D eigenvalue weighted by Gasteiger charge is -2.00. The molecule has 4 heteroatoms. The SMILES string of the molecule is CCOC(=O)C#Cc1ccc(F)cc1CN. The van der Waals surface area contributed by atoms with Gasteiger partial charge < -0.3 is 10.5 Å². The summed E-state index contributed by atoms with van der Waals surface area (Å²) >= 11 is 0. The minimum absolute atomic E-state index is 0.171. The molecular weight excluding hydrogens is 209 g/mol. The molecule has 0 fully saturated rings. The van der Waals surface area contributed by atoms with E-state index < -0.39 is 5.97 Å². The summed E-state index contributed by atoms with van der Waals surface area (Å²) in [6.07, 6.45) is 0. The van der Waals surface area contributed by atoms with E-state index in [1.807, 2.05) is 0 Å². The highest BCUT2D eigenvalue weighted by atomic mass is 19.1. The summed E-state index contributed by atoms with van der Waals surface area (Å²) in [5.74, 6) is 3.93. The Bertz CT molecular complexity index is 446. The maximum absolute atomic E-state index is 12.9. The quantitative estimate of drug-likeness (QED) is 0.603. The summed E-state index contributed by atoms with van der Waals surface area (Å²) in [5, 5.41) is 0. The van der Waals surface area contributed by atoms with Crippen LogP contribution in [0.4, 0.5) is 4.39 Å². The van der Waals surface area contributed by atoms with Gasteiger partial charge in [0.25, 0.3) is 0 Å². The number of hydrogen-bond donors (Lipinski definition) is 1. The van der Waals surface area contributed by atoms with Crippen LogP contribution in [0.3, 0.4) is 0 Å². The lowest BCUT2D eigenvalue weighted by atomic mass is 10.1. The highest BCUT2D eigenvalue weighted by Crippen LogP contribution is 2.09. The predicted octanol–water partition coefficient (Wildman–Crippen LogP) is 1.20. The molecule has 1 aromatic carbocycles. The zero-order chi connectivity index (χ0) is 12.0. The van der Waals surface area contributed by atoms with E-state index >= 15 is 0 Å². The number of ether oxygens (including phenoxy) is 1. The van der Waals surface area contributed by atoms with E-state index in [0.29, 0.717) is 11.1 Å². The molecule has 84 valence electrons. The molecule has 0 aliphatic rings. The molecule has 2 N–H and O–H groups in total. The fraction of sp³-hybridized carbons (Fsp3) is 0.250. The third kappa shape index (κ3) is 3.37. The van der Waals surface area contributed by atoms with Crippen LogP contribution < -0.4 is 5.73 Å². The number of carbonyl (C=O) groups is 1. The maximum atomic E-state index is 12.9. The Balaban J connectivity index is 2.92. The van der Waals surface area contributed by atoms with Crippen LogP contribution in [0.1, 0.15) is 18.1 Å². The van der Waals surface area contributed by atoms with Gasteiger partial charge in [0.05, 0.1) is 6.61 Å². The molecule has 0 aliphatic carbocycles. The van der Waals surface area contributed by atoms with Gasteiger partial charge in [-0.1, -0.05) is 5.92 Å². The number of carbonyl (C=O) groups excluding carboxylic acids is 1. The van der Waals surface area contributed by atoms with Crippen LogP contribution in [-0.4, -0.2) is 12.6 Å². The Morgan fingerprint density at radius 3 is 2.94 bits per heavy atom. The average Bonchev–Trinajstić information content (AvgIpc) is 2.27. The van der Waals surface area contributed by atoms with Crippen molar-refractivity contribution in [3.05, 3.63) is 35.1 Å². The number of nitrogens with two attached hydrogens (primary N) is 1. The number of esters is 1. The smallest absolute Gasteiger partial charge is 0.384 e. The Labute approximate surface area is 93.4 Å². The van der Waals surface area contributed by atoms with Gasteiger partial charge in [0.1, 0.15) is 5.82 Å². The molecule has 0 saturated carbocycles. The van der Waals surface area contributed by atoms with Gasteiger partial charge in [-0.3, -0.25) is 0 Å². The molecule has 0 saturated heterocycles. The van der Waals surface area contributed by atoms with Gasteiger partial charge in [0.2, 0.25) is 0 Å². The van der Waals surface area contributed by atoms with Gasteiger partial charge in [-0.15, -0.1) is 0 Å². The molecule has 0 radical (unpaired) electrons. The van der Waals surface area contributed by atoms with Gasteiger partial charge in [-0.05, 0) is 30.7 Å². The first-order valence-corrected chi connectivity index (χ1v) is 4.84. The summed E-state index contributed by atoms with van der Waals surface area (Å²) in [6, 6.07) is 4.06. The van der Waals surface area contributed by atoms with E-state index in [-0.39, 0.29) is 19.0 Å². The number of rotatable bonds is 2. The van der Waals surface area contributed by atoms with Gasteiger partial charge in [-0.25, -0.2) is 9.18 Å². The number of halogens is 1. The van der Waals surface area contributed by atoms with Gasteiger partial charge in [0, 0.05) is 18.0 Å². The second-order valence-corrected chi connectivity index (χ2v) is 2.98. The summed E-state index contributed by atoms with van der Waals surface area (Å²) in [5.41, 5.74) is 6.54. The maximum Gasteiger partial charge on any atom is 0.384 e. The minimum Gasteiger partial charge on any atom is -0.456 e. The van der Waals surface area contributed by atoms with Crippen molar-refractivity contribution in [3.8, 4) is 11.8 Å². The molecular formula is C12H12FNO2. The van der Waals surface area contributed by atoms with Gasteiger partial charge >= 0.3 is 5.97 Å². The van der Waals surface area contributed by atoms with Crippen molar-refractivity contribution < 1.29 is 13.9 Å². The fourth-order valence-electron chi connectivity index (χ4n) is 1.14. The molecule has 0 unspecified atom stereocenters. The zero-order valence-electron chi connectivity index (χ0n) is 8.92. The van der Waals surface area contributed by atoms with Crippen LogP contribution in [0.25, 0.3) is 0 Å². The van der Waals surface area contributed by atoms with Crippen molar-refractivity contribution >= 4 is 5.97 Å². The average molecular weight is 221 g/mol. The normalized spacial score (nSPS) is 9.19. The molecule has 0 amide bonds. The van der Waals surface area contributed by atoms with Crippen molar-refractivity contribution in [1.82, 2.24) is 0 Å². The van der Waals surface area contributed by atoms with Gasteiger partial charge in [0.15, 0.2) is 0 Å². The third-order valence-electron chi connectivity index (χ3n) is 1.86. The fourth-order valence-corrected chi connectivity index (χ4v) is 1.14. The van der Waals surface area contributed by atoms with Crippen molar-refractivity contribution in [3.63, 3.8) is 0 Å². The second kappa shape index (κ2) is 5.89. The summed E-state index contributed by atoms with van der Waals surface area (Å²) in [4.78, 5) is 11.0. The number of benzene rings is 1. The predicted molar refractivity (Wildman–Crippen MR) is 57.8 cm³/mol. The summed E-state index contributed by atoms with van der Waals surface area (Å²) in [6.45, 7) is 2.15. The monoisotopic (exact) mass is 221 g/mol. The van der Waals surface area contributed by atoms with Crippen LogP contribution in [0.15, 0.2) is 18.2 Å². The summed E-state index contributed by atoms with van der Waals surface area (Å²) < 4.78 is 17.5. The Kier molecular flexibility index (Phi) is 4.49. The van der Waals surface area contributed by atoms with E-state index in [0.717, 1.165) is 0 Å². The van der Waals surface area contributed by atoms with E-state index in [1.54, 1.807) is 6.92 Å². The van der Waals surface area contributed by atoms with Crippen LogP contribution in [0, 0.1) is 17.7 Å². The molecule has 0 atom stereocenters. The van der Waals surface area contributed by atoms with E-state index in [1.165, 1.54) is 18.2 Å². The molecule has 0 spiro atoms. The van der Waals surface area contributed by atoms with E-state index in [2.05, 4.69) is 16.6 Å². The zero-order valence-corrected chi connectivity index (χ0v) is 8.92. The first-order valence-electron chi connectivity index (χ1n) is 4.84. The standard InChI is InChI=1S/C12H12FNO2/c1-2-16-12(15)6-4-9-3-5-11(13)7-10(9)8-14/h3,5,7H,2,8,14H2,1H3. The molecule has 3 nitrogen and oxygen atoms in total. The van der Waals surface area contributed by atoms with Crippen molar-refractivity contribution in [2.45, 2.75) is 13.5 Å². The first-order chi connectivity index (χ1) is 7.67. The van der Waals surface area contributed by atoms with Crippen molar-refractivity contribution in [1.29, 1.82) is 0 Å². The molecule has 0 aliphatic heterocycles. The van der Waals surface area contributed by atoms with Crippen LogP contribution in [-0.2, 0) is 16.1 Å². The molecule has 1 rings (SSSR count). The summed E-state index contributed by atoms with van der Waals surface area (Å²) in [7, 11) is 0. The van der Waals surface area contributed by atoms with Crippen molar-refractivity contribution in [2.24, 2.45) is 5.73 Å². The lowest BCUT2D eigenvalue weighted by molar-refractivity contribution is -0.136. The number of hydrogen-bond acceptors (Lipinski definition) is 3. The Morgan fingerprint density at radius 1 is 1.56 bits per heavy atom. The lowest BCUT2D eigenvalue weighted by Crippen LogP contribution is -2.02. The molecule has 0 aromatic heterocycles. The molecule has 16 heavy (non-hydrogen) atoms. The third-order valence-corrected chi connectivity index (χ3v) is 1.86. The highest BCUT2D eigenvalue weighted by Gasteiger charge is 2.00. The van der Waals surface area contributed by atoms with Crippen LogP contribution >= 0.6 is 0 Å². The van der Waals surface area contributed by atoms with Crippen LogP contribution in [0.5, 0.6) is 0 Å². The van der Waals surface area contributed by atoms with Crippen LogP contribution in [0.2, 0.25) is 0 Å². The van der Waals surface area contributed by atoms with E-state index in [9.17, 15) is 9.18 Å². The second-order valence-electron chi connectivity index (χ2n) is 2.98. The topological polar surface area (TPSA) is 52.3 Å². The largest absolute Gasteiger partial charge is 0.456 e. The molecule has 1 aromatic rings.